The minimum Gasteiger partial charge on any atom is -0.475 e. The van der Waals surface area contributed by atoms with Crippen molar-refractivity contribution < 1.29 is 22.7 Å². The Hall–Kier alpha value is -0.860. The predicted octanol–water partition coefficient (Wildman–Crippen LogP) is 2.99. The SMILES string of the molecule is CC1(CNS(=O)(=O)c2cc(C(=O)O)oc2Br)CCCCC1. The average molecular weight is 380 g/mol. The summed E-state index contributed by atoms with van der Waals surface area (Å²) in [4.78, 5) is 10.6. The largest absolute Gasteiger partial charge is 0.475 e. The number of carbonyl (C=O) groups is 1. The van der Waals surface area contributed by atoms with Gasteiger partial charge in [0.25, 0.3) is 0 Å². The number of hydrogen-bond donors (Lipinski definition) is 2. The van der Waals surface area contributed by atoms with E-state index in [-0.39, 0.29) is 15.0 Å². The molecule has 0 radical (unpaired) electrons. The lowest BCUT2D eigenvalue weighted by atomic mass is 9.76. The van der Waals surface area contributed by atoms with E-state index in [2.05, 4.69) is 27.6 Å². The second-order valence-corrected chi connectivity index (χ2v) is 8.21. The van der Waals surface area contributed by atoms with E-state index < -0.39 is 21.8 Å². The molecule has 0 aromatic carbocycles. The minimum atomic E-state index is -3.80. The maximum absolute atomic E-state index is 12.3. The van der Waals surface area contributed by atoms with Crippen molar-refractivity contribution in [3.05, 3.63) is 16.5 Å². The smallest absolute Gasteiger partial charge is 0.371 e. The molecule has 6 nitrogen and oxygen atoms in total. The number of rotatable bonds is 5. The Labute approximate surface area is 132 Å². The summed E-state index contributed by atoms with van der Waals surface area (Å²) in [5, 5.41) is 8.83. The standard InChI is InChI=1S/C13H18BrNO5S/c1-13(5-3-2-4-6-13)8-15-21(18,19)10-7-9(12(16)17)20-11(10)14/h7,15H,2-6,8H2,1H3,(H,16,17). The summed E-state index contributed by atoms with van der Waals surface area (Å²) >= 11 is 2.95. The van der Waals surface area contributed by atoms with Crippen LogP contribution in [-0.4, -0.2) is 26.0 Å². The Balaban J connectivity index is 2.13. The van der Waals surface area contributed by atoms with Crippen molar-refractivity contribution in [1.29, 1.82) is 0 Å². The molecule has 1 aliphatic rings. The van der Waals surface area contributed by atoms with Crippen molar-refractivity contribution in [1.82, 2.24) is 4.72 Å². The van der Waals surface area contributed by atoms with Crippen LogP contribution in [0, 0.1) is 5.41 Å². The van der Waals surface area contributed by atoms with Crippen molar-refractivity contribution in [2.75, 3.05) is 6.54 Å². The first-order chi connectivity index (χ1) is 9.73. The van der Waals surface area contributed by atoms with Gasteiger partial charge in [-0.05, 0) is 34.2 Å². The summed E-state index contributed by atoms with van der Waals surface area (Å²) < 4.78 is 31.9. The van der Waals surface area contributed by atoms with Crippen LogP contribution in [0.15, 0.2) is 20.0 Å². The zero-order valence-corrected chi connectivity index (χ0v) is 14.1. The van der Waals surface area contributed by atoms with Crippen LogP contribution in [0.25, 0.3) is 0 Å². The van der Waals surface area contributed by atoms with Crippen LogP contribution in [0.1, 0.15) is 49.6 Å². The van der Waals surface area contributed by atoms with E-state index in [0.29, 0.717) is 6.54 Å². The van der Waals surface area contributed by atoms with Gasteiger partial charge < -0.3 is 9.52 Å². The van der Waals surface area contributed by atoms with Gasteiger partial charge in [-0.25, -0.2) is 17.9 Å². The number of furan rings is 1. The van der Waals surface area contributed by atoms with Crippen LogP contribution in [0.2, 0.25) is 0 Å². The fourth-order valence-electron chi connectivity index (χ4n) is 2.57. The Morgan fingerprint density at radius 1 is 1.43 bits per heavy atom. The van der Waals surface area contributed by atoms with Gasteiger partial charge in [0.2, 0.25) is 15.8 Å². The van der Waals surface area contributed by atoms with Crippen LogP contribution < -0.4 is 4.72 Å². The van der Waals surface area contributed by atoms with Crippen molar-refractivity contribution in [2.45, 2.75) is 43.9 Å². The highest BCUT2D eigenvalue weighted by atomic mass is 79.9. The molecule has 0 saturated heterocycles. The van der Waals surface area contributed by atoms with E-state index >= 15 is 0 Å². The predicted molar refractivity (Wildman–Crippen MR) is 79.7 cm³/mol. The molecule has 0 amide bonds. The molecule has 1 fully saturated rings. The molecule has 8 heteroatoms. The van der Waals surface area contributed by atoms with Gasteiger partial charge in [-0.3, -0.25) is 0 Å². The molecule has 2 rings (SSSR count). The second-order valence-electron chi connectivity index (χ2n) is 5.75. The van der Waals surface area contributed by atoms with Crippen LogP contribution >= 0.6 is 15.9 Å². The molecule has 1 aromatic rings. The van der Waals surface area contributed by atoms with Crippen molar-refractivity contribution in [3.8, 4) is 0 Å². The third-order valence-electron chi connectivity index (χ3n) is 3.91. The van der Waals surface area contributed by atoms with E-state index in [9.17, 15) is 13.2 Å². The third kappa shape index (κ3) is 3.87. The molecule has 0 spiro atoms. The highest BCUT2D eigenvalue weighted by Crippen LogP contribution is 2.35. The topological polar surface area (TPSA) is 96.6 Å². The monoisotopic (exact) mass is 379 g/mol. The zero-order valence-electron chi connectivity index (χ0n) is 11.7. The number of carboxylic acid groups (broad SMARTS) is 1. The van der Waals surface area contributed by atoms with Gasteiger partial charge >= 0.3 is 5.97 Å². The fourth-order valence-corrected chi connectivity index (χ4v) is 4.71. The molecular formula is C13H18BrNO5S. The Bertz CT molecular complexity index is 631. The van der Waals surface area contributed by atoms with Gasteiger partial charge in [-0.1, -0.05) is 26.2 Å². The molecule has 0 atom stereocenters. The molecule has 1 aliphatic carbocycles. The van der Waals surface area contributed by atoms with Crippen molar-refractivity contribution >= 4 is 31.9 Å². The normalized spacial score (nSPS) is 18.6. The van der Waals surface area contributed by atoms with Crippen molar-refractivity contribution in [2.24, 2.45) is 5.41 Å². The van der Waals surface area contributed by atoms with Crippen LogP contribution in [0.5, 0.6) is 0 Å². The maximum atomic E-state index is 12.3. The Kier molecular flexibility index (Phi) is 4.79. The molecule has 2 N–H and O–H groups in total. The van der Waals surface area contributed by atoms with E-state index in [1.54, 1.807) is 0 Å². The highest BCUT2D eigenvalue weighted by Gasteiger charge is 2.31. The fraction of sp³-hybridized carbons (Fsp3) is 0.615. The molecular weight excluding hydrogens is 362 g/mol. The lowest BCUT2D eigenvalue weighted by Gasteiger charge is -2.33. The molecule has 0 unspecified atom stereocenters. The lowest BCUT2D eigenvalue weighted by Crippen LogP contribution is -2.37. The second kappa shape index (κ2) is 6.10. The molecule has 1 heterocycles. The molecule has 1 aromatic heterocycles. The summed E-state index contributed by atoms with van der Waals surface area (Å²) in [6.45, 7) is 2.41. The van der Waals surface area contributed by atoms with Gasteiger partial charge in [0, 0.05) is 12.6 Å². The van der Waals surface area contributed by atoms with Gasteiger partial charge in [0.05, 0.1) is 0 Å². The minimum absolute atomic E-state index is 0.0445. The first kappa shape index (κ1) is 16.5. The molecule has 118 valence electrons. The summed E-state index contributed by atoms with van der Waals surface area (Å²) in [5.41, 5.74) is -0.0445. The van der Waals surface area contributed by atoms with Gasteiger partial charge in [0.1, 0.15) is 4.90 Å². The number of carboxylic acids is 1. The summed E-state index contributed by atoms with van der Waals surface area (Å²) in [7, 11) is -3.80. The highest BCUT2D eigenvalue weighted by molar-refractivity contribution is 9.10. The summed E-state index contributed by atoms with van der Waals surface area (Å²) in [6, 6.07) is 1.01. The van der Waals surface area contributed by atoms with Crippen LogP contribution in [0.3, 0.4) is 0 Å². The van der Waals surface area contributed by atoms with E-state index in [0.717, 1.165) is 31.7 Å². The van der Waals surface area contributed by atoms with E-state index in [1.807, 2.05) is 0 Å². The van der Waals surface area contributed by atoms with Gasteiger partial charge in [-0.15, -0.1) is 0 Å². The number of nitrogens with one attached hydrogen (secondary N) is 1. The van der Waals surface area contributed by atoms with Gasteiger partial charge in [0.15, 0.2) is 4.67 Å². The number of halogens is 1. The van der Waals surface area contributed by atoms with Crippen LogP contribution in [0.4, 0.5) is 0 Å². The van der Waals surface area contributed by atoms with Crippen molar-refractivity contribution in [3.63, 3.8) is 0 Å². The molecule has 21 heavy (non-hydrogen) atoms. The van der Waals surface area contributed by atoms with Crippen LogP contribution in [-0.2, 0) is 10.0 Å². The third-order valence-corrected chi connectivity index (χ3v) is 6.16. The van der Waals surface area contributed by atoms with Gasteiger partial charge in [-0.2, -0.15) is 0 Å². The Morgan fingerprint density at radius 2 is 2.05 bits per heavy atom. The number of aromatic carboxylic acids is 1. The summed E-state index contributed by atoms with van der Waals surface area (Å²) in [5.74, 6) is -1.72. The zero-order chi connectivity index (χ0) is 15.7. The first-order valence-electron chi connectivity index (χ1n) is 6.76. The molecule has 0 aliphatic heterocycles. The number of sulfonamides is 1. The average Bonchev–Trinajstić information content (AvgIpc) is 2.81. The quantitative estimate of drug-likeness (QED) is 0.819. The molecule has 1 saturated carbocycles. The number of hydrogen-bond acceptors (Lipinski definition) is 4. The lowest BCUT2D eigenvalue weighted by molar-refractivity contribution is 0.0661. The Morgan fingerprint density at radius 3 is 2.57 bits per heavy atom. The van der Waals surface area contributed by atoms with E-state index in [4.69, 9.17) is 9.52 Å². The molecule has 0 bridgehead atoms. The first-order valence-corrected chi connectivity index (χ1v) is 9.03. The summed E-state index contributed by atoms with van der Waals surface area (Å²) in [6.07, 6.45) is 5.39. The van der Waals surface area contributed by atoms with E-state index in [1.165, 1.54) is 6.42 Å². The maximum Gasteiger partial charge on any atom is 0.371 e.